The van der Waals surface area contributed by atoms with E-state index in [0.717, 1.165) is 41.4 Å². The average Bonchev–Trinajstić information content (AvgIpc) is 3.17. The number of carbonyl (C=O) groups is 1. The topological polar surface area (TPSA) is 120 Å². The van der Waals surface area contributed by atoms with Gasteiger partial charge in [-0.2, -0.15) is 4.31 Å². The first-order valence-corrected chi connectivity index (χ1v) is 16.5. The number of phosphoric ester groups is 1. The number of amides is 1. The van der Waals surface area contributed by atoms with E-state index in [9.17, 15) is 26.6 Å². The lowest BCUT2D eigenvalue weighted by atomic mass is 10.2. The van der Waals surface area contributed by atoms with Crippen molar-refractivity contribution in [2.45, 2.75) is 50.5 Å². The molecule has 228 valence electrons. The van der Waals surface area contributed by atoms with Crippen LogP contribution in [0.1, 0.15) is 49.9 Å². The molecule has 1 amide bonds. The Bertz CT molecular complexity index is 1340. The SMILES string of the molecule is CCCCOP(=O)(OCCCC)OC1COCCN(S(=O)(=O)c2cc(C(=O)Nc3ccc(F)c(Cl)c3)ccc2F)C1. The predicted octanol–water partition coefficient (Wildman–Crippen LogP) is 6.02. The molecule has 0 radical (unpaired) electrons. The van der Waals surface area contributed by atoms with Crippen LogP contribution in [0, 0.1) is 11.6 Å². The molecule has 1 saturated heterocycles. The Morgan fingerprint density at radius 3 is 2.39 bits per heavy atom. The number of anilines is 1. The first kappa shape index (κ1) is 33.5. The van der Waals surface area contributed by atoms with Gasteiger partial charge in [-0.05, 0) is 49.2 Å². The lowest BCUT2D eigenvalue weighted by molar-refractivity contribution is 0.0307. The molecule has 0 bridgehead atoms. The minimum Gasteiger partial charge on any atom is -0.377 e. The van der Waals surface area contributed by atoms with Crippen molar-refractivity contribution in [3.05, 3.63) is 58.6 Å². The normalized spacial score (nSPS) is 16.9. The number of rotatable bonds is 14. The van der Waals surface area contributed by atoms with Gasteiger partial charge in [-0.15, -0.1) is 0 Å². The second-order valence-corrected chi connectivity index (χ2v) is 13.1. The fourth-order valence-corrected chi connectivity index (χ4v) is 6.84. The lowest BCUT2D eigenvalue weighted by Crippen LogP contribution is -2.39. The molecule has 0 saturated carbocycles. The zero-order valence-corrected chi connectivity index (χ0v) is 25.3. The van der Waals surface area contributed by atoms with Crippen molar-refractivity contribution in [1.29, 1.82) is 0 Å². The van der Waals surface area contributed by atoms with Gasteiger partial charge in [0.15, 0.2) is 0 Å². The molecule has 15 heteroatoms. The van der Waals surface area contributed by atoms with E-state index >= 15 is 0 Å². The number of carbonyl (C=O) groups excluding carboxylic acids is 1. The summed E-state index contributed by atoms with van der Waals surface area (Å²) < 4.78 is 91.7. The summed E-state index contributed by atoms with van der Waals surface area (Å²) in [6.07, 6.45) is 1.76. The highest BCUT2D eigenvalue weighted by molar-refractivity contribution is 7.89. The zero-order valence-electron chi connectivity index (χ0n) is 22.8. The van der Waals surface area contributed by atoms with Crippen LogP contribution in [-0.2, 0) is 32.9 Å². The molecule has 3 rings (SSSR count). The molecule has 41 heavy (non-hydrogen) atoms. The molecule has 1 unspecified atom stereocenters. The highest BCUT2D eigenvalue weighted by Crippen LogP contribution is 2.51. The highest BCUT2D eigenvalue weighted by atomic mass is 35.5. The molecule has 1 aliphatic rings. The van der Waals surface area contributed by atoms with Crippen LogP contribution in [0.5, 0.6) is 0 Å². The van der Waals surface area contributed by atoms with Gasteiger partial charge in [0.05, 0.1) is 31.5 Å². The minimum absolute atomic E-state index is 0.0378. The molecule has 1 aliphatic heterocycles. The number of sulfonamides is 1. The van der Waals surface area contributed by atoms with E-state index in [0.29, 0.717) is 12.8 Å². The van der Waals surface area contributed by atoms with Gasteiger partial charge in [-0.25, -0.2) is 21.8 Å². The Kier molecular flexibility index (Phi) is 12.7. The summed E-state index contributed by atoms with van der Waals surface area (Å²) in [4.78, 5) is 12.0. The molecule has 10 nitrogen and oxygen atoms in total. The highest BCUT2D eigenvalue weighted by Gasteiger charge is 2.37. The summed E-state index contributed by atoms with van der Waals surface area (Å²) in [5.41, 5.74) is -0.00558. The van der Waals surface area contributed by atoms with Gasteiger partial charge in [-0.3, -0.25) is 18.4 Å². The maximum atomic E-state index is 14.9. The smallest absolute Gasteiger partial charge is 0.377 e. The quantitative estimate of drug-likeness (QED) is 0.197. The van der Waals surface area contributed by atoms with Gasteiger partial charge in [0.25, 0.3) is 5.91 Å². The van der Waals surface area contributed by atoms with Gasteiger partial charge in [0.1, 0.15) is 22.6 Å². The predicted molar refractivity (Wildman–Crippen MR) is 150 cm³/mol. The number of phosphoric acid groups is 1. The van der Waals surface area contributed by atoms with Gasteiger partial charge in [-0.1, -0.05) is 38.3 Å². The van der Waals surface area contributed by atoms with E-state index < -0.39 is 46.4 Å². The molecule has 0 aromatic heterocycles. The van der Waals surface area contributed by atoms with Crippen LogP contribution in [0.15, 0.2) is 41.3 Å². The molecule has 1 heterocycles. The standard InChI is InChI=1S/C26H34ClF2N2O8PS/c1-3-5-12-37-40(33,38-13-6-4-2)39-21-17-31(11-14-36-18-21)41(34,35)25-15-19(7-9-24(25)29)26(32)30-20-8-10-23(28)22(27)16-20/h7-10,15-16,21H,3-6,11-14,17-18H2,1-2H3,(H,30,32). The van der Waals surface area contributed by atoms with Gasteiger partial charge in [0, 0.05) is 24.3 Å². The zero-order chi connectivity index (χ0) is 30.0. The number of ether oxygens (including phenoxy) is 1. The summed E-state index contributed by atoms with van der Waals surface area (Å²) >= 11 is 5.75. The van der Waals surface area contributed by atoms with Crippen molar-refractivity contribution >= 4 is 41.0 Å². The third kappa shape index (κ3) is 9.52. The summed E-state index contributed by atoms with van der Waals surface area (Å²) in [5, 5.41) is 2.25. The number of nitrogens with zero attached hydrogens (tertiary/aromatic N) is 1. The molecule has 2 aromatic rings. The monoisotopic (exact) mass is 638 g/mol. The number of hydrogen-bond donors (Lipinski definition) is 1. The van der Waals surface area contributed by atoms with Crippen LogP contribution in [0.4, 0.5) is 14.5 Å². The van der Waals surface area contributed by atoms with E-state index in [1.54, 1.807) is 0 Å². The van der Waals surface area contributed by atoms with E-state index in [1.165, 1.54) is 12.1 Å². The Morgan fingerprint density at radius 1 is 1.10 bits per heavy atom. The number of nitrogens with one attached hydrogen (secondary N) is 1. The molecular formula is C26H34ClF2N2O8PS. The maximum absolute atomic E-state index is 14.9. The van der Waals surface area contributed by atoms with Gasteiger partial charge < -0.3 is 10.1 Å². The van der Waals surface area contributed by atoms with Crippen molar-refractivity contribution < 1.29 is 44.9 Å². The maximum Gasteiger partial charge on any atom is 0.475 e. The Balaban J connectivity index is 1.80. The van der Waals surface area contributed by atoms with Crippen molar-refractivity contribution in [2.24, 2.45) is 0 Å². The molecule has 1 fully saturated rings. The minimum atomic E-state index is -4.51. The first-order valence-electron chi connectivity index (χ1n) is 13.2. The Morgan fingerprint density at radius 2 is 1.76 bits per heavy atom. The van der Waals surface area contributed by atoms with E-state index in [-0.39, 0.29) is 55.8 Å². The Hall–Kier alpha value is -1.96. The number of unbranched alkanes of at least 4 members (excludes halogenated alkanes) is 2. The number of hydrogen-bond acceptors (Lipinski definition) is 8. The summed E-state index contributed by atoms with van der Waals surface area (Å²) in [6.45, 7) is 3.50. The van der Waals surface area contributed by atoms with Gasteiger partial charge >= 0.3 is 7.82 Å². The van der Waals surface area contributed by atoms with Crippen molar-refractivity contribution in [3.8, 4) is 0 Å². The summed E-state index contributed by atoms with van der Waals surface area (Å²) in [5.74, 6) is -2.52. The fraction of sp³-hybridized carbons (Fsp3) is 0.500. The molecule has 0 spiro atoms. The first-order chi connectivity index (χ1) is 19.5. The number of benzene rings is 2. The third-order valence-corrected chi connectivity index (χ3v) is 9.68. The number of halogens is 3. The van der Waals surface area contributed by atoms with E-state index in [4.69, 9.17) is 29.9 Å². The molecular weight excluding hydrogens is 605 g/mol. The third-order valence-electron chi connectivity index (χ3n) is 5.96. The van der Waals surface area contributed by atoms with Crippen LogP contribution < -0.4 is 5.32 Å². The van der Waals surface area contributed by atoms with Crippen LogP contribution in [0.2, 0.25) is 5.02 Å². The van der Waals surface area contributed by atoms with Crippen LogP contribution in [0.25, 0.3) is 0 Å². The second kappa shape index (κ2) is 15.5. The van der Waals surface area contributed by atoms with Crippen molar-refractivity contribution in [1.82, 2.24) is 4.31 Å². The summed E-state index contributed by atoms with van der Waals surface area (Å²) in [6, 6.07) is 6.39. The molecule has 1 N–H and O–H groups in total. The molecule has 0 aliphatic carbocycles. The largest absolute Gasteiger partial charge is 0.475 e. The average molecular weight is 639 g/mol. The van der Waals surface area contributed by atoms with Crippen LogP contribution >= 0.6 is 19.4 Å². The van der Waals surface area contributed by atoms with Gasteiger partial charge in [0.2, 0.25) is 10.0 Å². The molecule has 2 aromatic carbocycles. The fourth-order valence-electron chi connectivity index (χ4n) is 3.71. The molecule has 1 atom stereocenters. The van der Waals surface area contributed by atoms with Crippen molar-refractivity contribution in [2.75, 3.05) is 44.8 Å². The summed E-state index contributed by atoms with van der Waals surface area (Å²) in [7, 11) is -8.56. The lowest BCUT2D eigenvalue weighted by Gasteiger charge is -2.26. The second-order valence-electron chi connectivity index (χ2n) is 9.21. The Labute approximate surface area is 243 Å². The van der Waals surface area contributed by atoms with Crippen LogP contribution in [0.3, 0.4) is 0 Å². The van der Waals surface area contributed by atoms with E-state index in [1.807, 2.05) is 13.8 Å². The van der Waals surface area contributed by atoms with Crippen LogP contribution in [-0.4, -0.2) is 64.3 Å². The van der Waals surface area contributed by atoms with Crippen molar-refractivity contribution in [3.63, 3.8) is 0 Å². The van der Waals surface area contributed by atoms with E-state index in [2.05, 4.69) is 5.32 Å².